The fourth-order valence-electron chi connectivity index (χ4n) is 3.98. The first-order chi connectivity index (χ1) is 17.8. The highest BCUT2D eigenvalue weighted by Gasteiger charge is 2.61. The van der Waals surface area contributed by atoms with Crippen LogP contribution in [-0.2, 0) is 23.4 Å². The zero-order chi connectivity index (χ0) is 28.3. The standard InChI is InChI=1S/C24H32F2N3O8P/c1-14(2)34-21(31)15(3)12-38(33,37-17-8-6-5-7-9-17)36-16(4)19-20(30)24(26,13-25)22(35-19)29-11-10-18(27)28-23(29)32/h5-11,14-16,19-20,22,30H,12-13H2,1-4H3,(H2,27,28,32)/t15-,16-,19-,20+,22-,24?,38+/m1/s1. The van der Waals surface area contributed by atoms with Crippen LogP contribution in [0.15, 0.2) is 47.4 Å². The van der Waals surface area contributed by atoms with E-state index in [1.54, 1.807) is 32.0 Å². The van der Waals surface area contributed by atoms with E-state index in [0.717, 1.165) is 6.20 Å². The van der Waals surface area contributed by atoms with Gasteiger partial charge in [-0.1, -0.05) is 25.1 Å². The van der Waals surface area contributed by atoms with Crippen LogP contribution in [0, 0.1) is 5.92 Å². The van der Waals surface area contributed by atoms with E-state index in [1.165, 1.54) is 32.0 Å². The number of halogens is 2. The van der Waals surface area contributed by atoms with E-state index in [-0.39, 0.29) is 11.6 Å². The third-order valence-corrected chi connectivity index (χ3v) is 7.98. The molecule has 0 aliphatic carbocycles. The highest BCUT2D eigenvalue weighted by atomic mass is 31.2. The van der Waals surface area contributed by atoms with Gasteiger partial charge in [-0.25, -0.2) is 18.1 Å². The van der Waals surface area contributed by atoms with Crippen LogP contribution in [0.5, 0.6) is 5.75 Å². The zero-order valence-electron chi connectivity index (χ0n) is 21.4. The van der Waals surface area contributed by atoms with Gasteiger partial charge in [-0.05, 0) is 39.0 Å². The van der Waals surface area contributed by atoms with Crippen molar-refractivity contribution in [1.82, 2.24) is 9.55 Å². The summed E-state index contributed by atoms with van der Waals surface area (Å²) in [6, 6.07) is 9.19. The maximum absolute atomic E-state index is 15.7. The largest absolute Gasteiger partial charge is 0.463 e. The lowest BCUT2D eigenvalue weighted by Crippen LogP contribution is -2.48. The molecule has 1 aliphatic rings. The summed E-state index contributed by atoms with van der Waals surface area (Å²) in [5.41, 5.74) is 1.38. The molecule has 1 fully saturated rings. The lowest BCUT2D eigenvalue weighted by atomic mass is 9.95. The van der Waals surface area contributed by atoms with Crippen LogP contribution < -0.4 is 15.9 Å². The number of nitrogens with zero attached hydrogens (tertiary/aromatic N) is 2. The minimum Gasteiger partial charge on any atom is -0.463 e. The molecule has 38 heavy (non-hydrogen) atoms. The molecule has 0 spiro atoms. The molecular formula is C24H32F2N3O8P. The van der Waals surface area contributed by atoms with E-state index in [9.17, 15) is 23.7 Å². The molecule has 210 valence electrons. The monoisotopic (exact) mass is 559 g/mol. The van der Waals surface area contributed by atoms with Crippen molar-refractivity contribution in [2.45, 2.75) is 64.0 Å². The first-order valence-corrected chi connectivity index (χ1v) is 13.7. The molecule has 2 aromatic rings. The fourth-order valence-corrected chi connectivity index (χ4v) is 6.08. The Kier molecular flexibility index (Phi) is 9.30. The van der Waals surface area contributed by atoms with Gasteiger partial charge >= 0.3 is 19.3 Å². The summed E-state index contributed by atoms with van der Waals surface area (Å²) < 4.78 is 66.4. The average Bonchev–Trinajstić information content (AvgIpc) is 3.10. The molecule has 1 aromatic heterocycles. The lowest BCUT2D eigenvalue weighted by Gasteiger charge is -2.29. The molecule has 1 unspecified atom stereocenters. The molecule has 0 bridgehead atoms. The number of aliphatic hydroxyl groups is 1. The summed E-state index contributed by atoms with van der Waals surface area (Å²) in [5, 5.41) is 10.7. The van der Waals surface area contributed by atoms with Gasteiger partial charge in [0.1, 0.15) is 30.4 Å². The Morgan fingerprint density at radius 3 is 2.50 bits per heavy atom. The van der Waals surface area contributed by atoms with Crippen molar-refractivity contribution in [2.75, 3.05) is 18.6 Å². The number of hydrogen-bond acceptors (Lipinski definition) is 10. The Morgan fingerprint density at radius 2 is 1.92 bits per heavy atom. The third-order valence-electron chi connectivity index (χ3n) is 5.84. The number of para-hydroxylation sites is 1. The maximum atomic E-state index is 15.7. The molecule has 1 aliphatic heterocycles. The van der Waals surface area contributed by atoms with Gasteiger partial charge in [-0.3, -0.25) is 13.9 Å². The minimum absolute atomic E-state index is 0.146. The number of hydrogen-bond donors (Lipinski definition) is 2. The highest BCUT2D eigenvalue weighted by Crippen LogP contribution is 2.53. The summed E-state index contributed by atoms with van der Waals surface area (Å²) in [6.45, 7) is 4.40. The topological polar surface area (TPSA) is 152 Å². The van der Waals surface area contributed by atoms with Crippen molar-refractivity contribution >= 4 is 19.4 Å². The number of rotatable bonds is 11. The van der Waals surface area contributed by atoms with E-state index in [4.69, 9.17) is 24.3 Å². The van der Waals surface area contributed by atoms with E-state index < -0.39 is 74.3 Å². The van der Waals surface area contributed by atoms with Crippen LogP contribution in [0.2, 0.25) is 0 Å². The first kappa shape index (κ1) is 29.7. The number of esters is 1. The predicted molar refractivity (Wildman–Crippen MR) is 133 cm³/mol. The summed E-state index contributed by atoms with van der Waals surface area (Å²) in [5.74, 6) is -1.54. The smallest absolute Gasteiger partial charge is 0.380 e. The van der Waals surface area contributed by atoms with Gasteiger partial charge in [0.05, 0.1) is 24.3 Å². The summed E-state index contributed by atoms with van der Waals surface area (Å²) >= 11 is 0. The number of benzene rings is 1. The van der Waals surface area contributed by atoms with Crippen LogP contribution in [0.4, 0.5) is 14.6 Å². The van der Waals surface area contributed by atoms with Crippen LogP contribution >= 0.6 is 7.60 Å². The molecule has 11 nitrogen and oxygen atoms in total. The fraction of sp³-hybridized carbons (Fsp3) is 0.542. The summed E-state index contributed by atoms with van der Waals surface area (Å²) in [7, 11) is -4.19. The maximum Gasteiger partial charge on any atom is 0.380 e. The van der Waals surface area contributed by atoms with Gasteiger partial charge in [-0.15, -0.1) is 0 Å². The molecule has 1 aromatic carbocycles. The van der Waals surface area contributed by atoms with Gasteiger partial charge in [0.25, 0.3) is 0 Å². The quantitative estimate of drug-likeness (QED) is 0.310. The predicted octanol–water partition coefficient (Wildman–Crippen LogP) is 3.03. The van der Waals surface area contributed by atoms with Crippen molar-refractivity contribution in [3.05, 3.63) is 53.1 Å². The van der Waals surface area contributed by atoms with Gasteiger partial charge in [0.15, 0.2) is 6.23 Å². The van der Waals surface area contributed by atoms with E-state index in [1.807, 2.05) is 0 Å². The van der Waals surface area contributed by atoms with Crippen molar-refractivity contribution in [1.29, 1.82) is 0 Å². The molecule has 0 radical (unpaired) electrons. The number of nitrogen functional groups attached to an aromatic ring is 1. The number of ether oxygens (including phenoxy) is 2. The van der Waals surface area contributed by atoms with Crippen LogP contribution in [-0.4, -0.2) is 63.5 Å². The molecule has 7 atom stereocenters. The normalized spacial score (nSPS) is 26.5. The van der Waals surface area contributed by atoms with Crippen molar-refractivity contribution < 1.29 is 41.8 Å². The highest BCUT2D eigenvalue weighted by molar-refractivity contribution is 7.54. The molecule has 0 amide bonds. The summed E-state index contributed by atoms with van der Waals surface area (Å²) in [4.78, 5) is 28.2. The second-order valence-electron chi connectivity index (χ2n) is 9.40. The molecular weight excluding hydrogens is 527 g/mol. The molecule has 1 saturated heterocycles. The third kappa shape index (κ3) is 6.58. The zero-order valence-corrected chi connectivity index (χ0v) is 22.3. The molecule has 2 heterocycles. The molecule has 0 saturated carbocycles. The Labute approximate surface area is 218 Å². The van der Waals surface area contributed by atoms with Gasteiger partial charge in [-0.2, -0.15) is 4.98 Å². The van der Waals surface area contributed by atoms with Crippen molar-refractivity contribution in [2.24, 2.45) is 5.92 Å². The molecule has 14 heteroatoms. The van der Waals surface area contributed by atoms with Gasteiger partial charge in [0, 0.05) is 6.20 Å². The van der Waals surface area contributed by atoms with E-state index in [0.29, 0.717) is 4.57 Å². The Balaban J connectivity index is 1.88. The Hall–Kier alpha value is -2.86. The second-order valence-corrected chi connectivity index (χ2v) is 11.4. The van der Waals surface area contributed by atoms with Crippen LogP contribution in [0.1, 0.15) is 33.9 Å². The number of carbonyl (C=O) groups is 1. The van der Waals surface area contributed by atoms with Crippen molar-refractivity contribution in [3.63, 3.8) is 0 Å². The number of aromatic nitrogens is 2. The average molecular weight is 560 g/mol. The van der Waals surface area contributed by atoms with Crippen molar-refractivity contribution in [3.8, 4) is 5.75 Å². The number of carbonyl (C=O) groups excluding carboxylic acids is 1. The summed E-state index contributed by atoms with van der Waals surface area (Å²) in [6.07, 6.45) is -6.77. The molecule has 3 rings (SSSR count). The minimum atomic E-state index is -4.19. The van der Waals surface area contributed by atoms with E-state index >= 15 is 4.39 Å². The van der Waals surface area contributed by atoms with Gasteiger partial charge in [0.2, 0.25) is 5.67 Å². The molecule has 3 N–H and O–H groups in total. The van der Waals surface area contributed by atoms with Gasteiger partial charge < -0.3 is 24.8 Å². The Bertz CT molecular complexity index is 1220. The number of nitrogens with two attached hydrogens (primary N) is 1. The SMILES string of the molecule is CC(C)OC(=O)[C@H](C)C[P@@](=O)(Oc1ccccc1)O[C@H](C)[C@H]1O[C@@H](n2ccc(N)nc2=O)C(F)(CF)[C@H]1O. The second kappa shape index (κ2) is 11.9. The van der Waals surface area contributed by atoms with E-state index in [2.05, 4.69) is 4.98 Å². The first-order valence-electron chi connectivity index (χ1n) is 12.0. The lowest BCUT2D eigenvalue weighted by molar-refractivity contribution is -0.151. The van der Waals surface area contributed by atoms with Crippen LogP contribution in [0.25, 0.3) is 0 Å². The Morgan fingerprint density at radius 1 is 1.26 bits per heavy atom. The number of alkyl halides is 2. The van der Waals surface area contributed by atoms with Crippen LogP contribution in [0.3, 0.4) is 0 Å². The number of anilines is 1. The number of aliphatic hydroxyl groups excluding tert-OH is 1.